The summed E-state index contributed by atoms with van der Waals surface area (Å²) in [6, 6.07) is 0. The van der Waals surface area contributed by atoms with Crippen LogP contribution < -0.4 is 0 Å². The minimum absolute atomic E-state index is 1.12. The van der Waals surface area contributed by atoms with Crippen LogP contribution in [0.3, 0.4) is 0 Å². The summed E-state index contributed by atoms with van der Waals surface area (Å²) in [6.45, 7) is 11.2. The predicted octanol–water partition coefficient (Wildman–Crippen LogP) is 1.53. The molecular formula is C13H31N3O. The summed E-state index contributed by atoms with van der Waals surface area (Å²) < 4.78 is 0. The molecule has 4 nitrogen and oxygen atoms in total. The van der Waals surface area contributed by atoms with Crippen molar-refractivity contribution in [3.05, 3.63) is 0 Å². The fraction of sp³-hybridized carbons (Fsp3) is 1.00. The van der Waals surface area contributed by atoms with Crippen LogP contribution in [0.5, 0.6) is 0 Å². The molecule has 2 fully saturated rings. The molecular weight excluding hydrogens is 214 g/mol. The van der Waals surface area contributed by atoms with E-state index in [2.05, 4.69) is 23.9 Å². The smallest absolute Gasteiger partial charge is 0.0575 e. The van der Waals surface area contributed by atoms with E-state index in [1.165, 1.54) is 39.0 Å². The van der Waals surface area contributed by atoms with Crippen molar-refractivity contribution < 1.29 is 4.84 Å². The van der Waals surface area contributed by atoms with Gasteiger partial charge in [0.1, 0.15) is 0 Å². The van der Waals surface area contributed by atoms with E-state index in [4.69, 9.17) is 4.84 Å². The Hall–Kier alpha value is -0.160. The number of piperazine rings is 1. The van der Waals surface area contributed by atoms with Gasteiger partial charge in [0.2, 0.25) is 0 Å². The average Bonchev–Trinajstić information content (AvgIpc) is 2.89. The van der Waals surface area contributed by atoms with Gasteiger partial charge in [-0.25, -0.2) is 0 Å². The van der Waals surface area contributed by atoms with Gasteiger partial charge in [-0.05, 0) is 26.9 Å². The number of hydrogen-bond acceptors (Lipinski definition) is 4. The van der Waals surface area contributed by atoms with Gasteiger partial charge < -0.3 is 14.6 Å². The van der Waals surface area contributed by atoms with Crippen LogP contribution in [0.25, 0.3) is 0 Å². The molecule has 104 valence electrons. The Morgan fingerprint density at radius 1 is 0.706 bits per heavy atom. The third kappa shape index (κ3) is 8.55. The minimum Gasteiger partial charge on any atom is -0.304 e. The Bertz CT molecular complexity index is 143. The van der Waals surface area contributed by atoms with E-state index in [0.29, 0.717) is 0 Å². The number of likely N-dealkylation sites (N-methyl/N-ethyl adjacent to an activating group) is 2. The number of nitrogens with zero attached hydrogens (tertiary/aromatic N) is 3. The Morgan fingerprint density at radius 3 is 1.29 bits per heavy atom. The molecule has 4 heteroatoms. The predicted molar refractivity (Wildman–Crippen MR) is 74.2 cm³/mol. The van der Waals surface area contributed by atoms with Crippen LogP contribution in [0.1, 0.15) is 26.7 Å². The topological polar surface area (TPSA) is 19.0 Å². The lowest BCUT2D eigenvalue weighted by atomic mass is 10.4. The molecule has 2 saturated heterocycles. The first-order chi connectivity index (χ1) is 8.22. The first-order valence-corrected chi connectivity index (χ1v) is 6.88. The highest BCUT2D eigenvalue weighted by Gasteiger charge is 2.08. The van der Waals surface area contributed by atoms with E-state index in [0.717, 1.165) is 13.1 Å². The molecule has 0 atom stereocenters. The highest BCUT2D eigenvalue weighted by atomic mass is 16.7. The summed E-state index contributed by atoms with van der Waals surface area (Å²) in [4.78, 5) is 9.67. The molecule has 0 radical (unpaired) electrons. The first-order valence-electron chi connectivity index (χ1n) is 6.88. The van der Waals surface area contributed by atoms with Crippen LogP contribution >= 0.6 is 0 Å². The summed E-state index contributed by atoms with van der Waals surface area (Å²) in [6.07, 6.45) is 2.60. The molecule has 2 aliphatic heterocycles. The zero-order chi connectivity index (χ0) is 13.1. The molecule has 0 amide bonds. The fourth-order valence-electron chi connectivity index (χ4n) is 1.78. The molecule has 2 rings (SSSR count). The maximum atomic E-state index is 4.94. The Kier molecular flexibility index (Phi) is 10.9. The van der Waals surface area contributed by atoms with E-state index >= 15 is 0 Å². The second kappa shape index (κ2) is 11.0. The van der Waals surface area contributed by atoms with Gasteiger partial charge in [0.15, 0.2) is 0 Å². The molecule has 0 N–H and O–H groups in total. The summed E-state index contributed by atoms with van der Waals surface area (Å²) >= 11 is 0. The monoisotopic (exact) mass is 245 g/mol. The summed E-state index contributed by atoms with van der Waals surface area (Å²) in [7, 11) is 6.07. The van der Waals surface area contributed by atoms with Crippen LogP contribution in [-0.2, 0) is 4.84 Å². The van der Waals surface area contributed by atoms with E-state index in [-0.39, 0.29) is 0 Å². The number of hydroxylamine groups is 2. The van der Waals surface area contributed by atoms with Crippen molar-refractivity contribution in [3.63, 3.8) is 0 Å². The summed E-state index contributed by atoms with van der Waals surface area (Å²) in [5.41, 5.74) is 0. The van der Waals surface area contributed by atoms with Crippen molar-refractivity contribution in [2.45, 2.75) is 26.7 Å². The van der Waals surface area contributed by atoms with Gasteiger partial charge in [-0.1, -0.05) is 13.8 Å². The number of rotatable bonds is 1. The highest BCUT2D eigenvalue weighted by molar-refractivity contribution is 4.64. The van der Waals surface area contributed by atoms with Crippen LogP contribution in [0.15, 0.2) is 0 Å². The van der Waals surface area contributed by atoms with Crippen LogP contribution in [0.2, 0.25) is 0 Å². The standard InChI is InChI=1S/C6H14N2.C5H11NO.C2H6/c1-7-3-5-8(2)6-4-7;1-7-6-4-2-3-5-6;1-2/h3-6H2,1-2H3;2-5H2,1H3;1-2H3. The maximum Gasteiger partial charge on any atom is 0.0575 e. The van der Waals surface area contributed by atoms with Crippen molar-refractivity contribution in [1.82, 2.24) is 14.9 Å². The van der Waals surface area contributed by atoms with Crippen molar-refractivity contribution >= 4 is 0 Å². The molecule has 0 unspecified atom stereocenters. The fourth-order valence-corrected chi connectivity index (χ4v) is 1.78. The van der Waals surface area contributed by atoms with Gasteiger partial charge >= 0.3 is 0 Å². The molecule has 0 aliphatic carbocycles. The molecule has 2 aliphatic rings. The number of hydrogen-bond donors (Lipinski definition) is 0. The first kappa shape index (κ1) is 16.8. The molecule has 0 aromatic heterocycles. The third-order valence-corrected chi connectivity index (χ3v) is 3.05. The maximum absolute atomic E-state index is 4.94. The van der Waals surface area contributed by atoms with E-state index in [1.54, 1.807) is 7.11 Å². The van der Waals surface area contributed by atoms with E-state index < -0.39 is 0 Å². The Balaban J connectivity index is 0.000000265. The lowest BCUT2D eigenvalue weighted by Gasteiger charge is -2.28. The second-order valence-electron chi connectivity index (χ2n) is 4.43. The summed E-state index contributed by atoms with van der Waals surface area (Å²) in [5, 5.41) is 1.99. The average molecular weight is 245 g/mol. The molecule has 0 aromatic carbocycles. The molecule has 2 heterocycles. The van der Waals surface area contributed by atoms with Crippen molar-refractivity contribution in [3.8, 4) is 0 Å². The largest absolute Gasteiger partial charge is 0.304 e. The minimum atomic E-state index is 1.12. The van der Waals surface area contributed by atoms with Gasteiger partial charge in [0.05, 0.1) is 7.11 Å². The van der Waals surface area contributed by atoms with Gasteiger partial charge in [0, 0.05) is 39.3 Å². The lowest BCUT2D eigenvalue weighted by Crippen LogP contribution is -2.42. The Morgan fingerprint density at radius 2 is 1.06 bits per heavy atom. The molecule has 0 saturated carbocycles. The summed E-state index contributed by atoms with van der Waals surface area (Å²) in [5.74, 6) is 0. The van der Waals surface area contributed by atoms with E-state index in [1.807, 2.05) is 18.9 Å². The molecule has 0 bridgehead atoms. The zero-order valence-corrected chi connectivity index (χ0v) is 12.4. The van der Waals surface area contributed by atoms with Crippen molar-refractivity contribution in [2.24, 2.45) is 0 Å². The molecule has 0 spiro atoms. The molecule has 17 heavy (non-hydrogen) atoms. The van der Waals surface area contributed by atoms with Gasteiger partial charge in [-0.3, -0.25) is 0 Å². The Labute approximate surface area is 107 Å². The van der Waals surface area contributed by atoms with Crippen molar-refractivity contribution in [1.29, 1.82) is 0 Å². The van der Waals surface area contributed by atoms with E-state index in [9.17, 15) is 0 Å². The highest BCUT2D eigenvalue weighted by Crippen LogP contribution is 2.05. The normalized spacial score (nSPS) is 22.4. The quantitative estimate of drug-likeness (QED) is 0.697. The SMILES string of the molecule is CC.CN1CCN(C)CC1.CON1CCCC1. The van der Waals surface area contributed by atoms with Crippen LogP contribution in [0, 0.1) is 0 Å². The third-order valence-electron chi connectivity index (χ3n) is 3.05. The van der Waals surface area contributed by atoms with Crippen molar-refractivity contribution in [2.75, 3.05) is 60.5 Å². The van der Waals surface area contributed by atoms with Gasteiger partial charge in [-0.2, -0.15) is 5.06 Å². The molecule has 0 aromatic rings. The lowest BCUT2D eigenvalue weighted by molar-refractivity contribution is -0.112. The van der Waals surface area contributed by atoms with Crippen LogP contribution in [-0.4, -0.2) is 75.3 Å². The second-order valence-corrected chi connectivity index (χ2v) is 4.43. The zero-order valence-electron chi connectivity index (χ0n) is 12.4. The van der Waals surface area contributed by atoms with Gasteiger partial charge in [0.25, 0.3) is 0 Å². The van der Waals surface area contributed by atoms with Gasteiger partial charge in [-0.15, -0.1) is 0 Å². The van der Waals surface area contributed by atoms with Crippen LogP contribution in [0.4, 0.5) is 0 Å².